The van der Waals surface area contributed by atoms with Gasteiger partial charge in [-0.15, -0.1) is 11.3 Å². The second kappa shape index (κ2) is 8.69. The maximum Gasteiger partial charge on any atom is 0.390 e. The number of aliphatic hydroxyl groups is 1. The molecule has 0 spiro atoms. The van der Waals surface area contributed by atoms with E-state index < -0.39 is 64.7 Å². The van der Waals surface area contributed by atoms with Gasteiger partial charge in [0.1, 0.15) is 9.71 Å². The van der Waals surface area contributed by atoms with E-state index in [9.17, 15) is 41.4 Å². The van der Waals surface area contributed by atoms with Gasteiger partial charge in [-0.2, -0.15) is 13.2 Å². The fourth-order valence-corrected chi connectivity index (χ4v) is 4.87. The van der Waals surface area contributed by atoms with Gasteiger partial charge in [-0.25, -0.2) is 13.6 Å². The predicted molar refractivity (Wildman–Crippen MR) is 103 cm³/mol. The average Bonchev–Trinajstić information content (AvgIpc) is 3.08. The van der Waals surface area contributed by atoms with Crippen molar-refractivity contribution >= 4 is 27.5 Å². The van der Waals surface area contributed by atoms with Crippen LogP contribution in [0.2, 0.25) is 0 Å². The lowest BCUT2D eigenvalue weighted by Crippen LogP contribution is -2.40. The molecule has 2 aromatic heterocycles. The van der Waals surface area contributed by atoms with Crippen molar-refractivity contribution in [2.45, 2.75) is 58.0 Å². The Morgan fingerprint density at radius 2 is 1.81 bits per heavy atom. The standard InChI is InChI=1S/C18H20F5N3O4S/c1-2-25-14(28)11-10(13(19)20)12(15(29)24-6-3-9(27)4-7-24)31-16(11)26(17(25)30)8-5-18(21,22)23/h9,13,27H,2-8H2,1H3. The maximum atomic E-state index is 14.0. The lowest BCUT2D eigenvalue weighted by Gasteiger charge is -2.29. The van der Waals surface area contributed by atoms with Gasteiger partial charge >= 0.3 is 11.9 Å². The molecule has 31 heavy (non-hydrogen) atoms. The number of halogens is 5. The molecule has 0 radical (unpaired) electrons. The molecule has 3 rings (SSSR count). The van der Waals surface area contributed by atoms with E-state index >= 15 is 0 Å². The van der Waals surface area contributed by atoms with E-state index in [4.69, 9.17) is 0 Å². The Morgan fingerprint density at radius 1 is 1.19 bits per heavy atom. The molecule has 0 atom stereocenters. The summed E-state index contributed by atoms with van der Waals surface area (Å²) >= 11 is 0.428. The summed E-state index contributed by atoms with van der Waals surface area (Å²) in [6.07, 6.45) is -9.40. The summed E-state index contributed by atoms with van der Waals surface area (Å²) in [6, 6.07) is 0. The third kappa shape index (κ3) is 4.52. The second-order valence-electron chi connectivity index (χ2n) is 7.20. The molecule has 0 aromatic carbocycles. The highest BCUT2D eigenvalue weighted by molar-refractivity contribution is 7.20. The molecule has 0 saturated carbocycles. The first-order valence-corrected chi connectivity index (χ1v) is 10.4. The number of hydrogen-bond donors (Lipinski definition) is 1. The molecular weight excluding hydrogens is 449 g/mol. The number of thiophene rings is 1. The minimum Gasteiger partial charge on any atom is -0.393 e. The molecule has 1 aliphatic rings. The number of amides is 1. The number of nitrogens with zero attached hydrogens (tertiary/aromatic N) is 3. The van der Waals surface area contributed by atoms with Gasteiger partial charge in [0.25, 0.3) is 17.9 Å². The Bertz CT molecular complexity index is 1100. The zero-order valence-electron chi connectivity index (χ0n) is 16.4. The van der Waals surface area contributed by atoms with Crippen LogP contribution >= 0.6 is 11.3 Å². The third-order valence-electron chi connectivity index (χ3n) is 5.19. The van der Waals surface area contributed by atoms with E-state index in [0.29, 0.717) is 20.5 Å². The van der Waals surface area contributed by atoms with Gasteiger partial charge in [0.2, 0.25) is 0 Å². The number of aromatic nitrogens is 2. The molecule has 1 amide bonds. The van der Waals surface area contributed by atoms with Crippen molar-refractivity contribution in [3.8, 4) is 0 Å². The summed E-state index contributed by atoms with van der Waals surface area (Å²) in [6.45, 7) is 0.507. The van der Waals surface area contributed by atoms with E-state index in [1.54, 1.807) is 0 Å². The highest BCUT2D eigenvalue weighted by Crippen LogP contribution is 2.37. The van der Waals surface area contributed by atoms with Crippen LogP contribution in [-0.2, 0) is 13.1 Å². The number of rotatable bonds is 5. The number of alkyl halides is 5. The highest BCUT2D eigenvalue weighted by Gasteiger charge is 2.34. The summed E-state index contributed by atoms with van der Waals surface area (Å²) in [7, 11) is 0. The van der Waals surface area contributed by atoms with Crippen LogP contribution in [0, 0.1) is 0 Å². The Kier molecular flexibility index (Phi) is 6.56. The van der Waals surface area contributed by atoms with Gasteiger partial charge in [0, 0.05) is 26.2 Å². The van der Waals surface area contributed by atoms with Crippen LogP contribution in [0.25, 0.3) is 10.2 Å². The van der Waals surface area contributed by atoms with Crippen LogP contribution < -0.4 is 11.2 Å². The minimum absolute atomic E-state index is 0.108. The number of carbonyl (C=O) groups excluding carboxylic acids is 1. The van der Waals surface area contributed by atoms with Gasteiger partial charge < -0.3 is 10.0 Å². The minimum atomic E-state index is -4.62. The topological polar surface area (TPSA) is 84.5 Å². The van der Waals surface area contributed by atoms with Gasteiger partial charge in [-0.3, -0.25) is 18.7 Å². The van der Waals surface area contributed by atoms with Crippen molar-refractivity contribution in [2.24, 2.45) is 0 Å². The molecule has 7 nitrogen and oxygen atoms in total. The summed E-state index contributed by atoms with van der Waals surface area (Å²) < 4.78 is 67.5. The molecule has 1 fully saturated rings. The molecule has 1 aliphatic heterocycles. The van der Waals surface area contributed by atoms with Crippen LogP contribution in [-0.4, -0.2) is 50.4 Å². The van der Waals surface area contributed by atoms with Crippen molar-refractivity contribution < 1.29 is 31.9 Å². The second-order valence-corrected chi connectivity index (χ2v) is 8.20. The zero-order valence-corrected chi connectivity index (χ0v) is 17.2. The number of fused-ring (bicyclic) bond motifs is 1. The van der Waals surface area contributed by atoms with Crippen LogP contribution in [0.3, 0.4) is 0 Å². The lowest BCUT2D eigenvalue weighted by molar-refractivity contribution is -0.136. The first-order valence-electron chi connectivity index (χ1n) is 9.58. The van der Waals surface area contributed by atoms with Crippen molar-refractivity contribution in [2.75, 3.05) is 13.1 Å². The molecule has 0 unspecified atom stereocenters. The summed E-state index contributed by atoms with van der Waals surface area (Å²) in [4.78, 5) is 38.7. The van der Waals surface area contributed by atoms with Crippen molar-refractivity contribution in [3.05, 3.63) is 31.3 Å². The summed E-state index contributed by atoms with van der Waals surface area (Å²) in [5.74, 6) is -0.805. The number of hydrogen-bond acceptors (Lipinski definition) is 5. The van der Waals surface area contributed by atoms with Gasteiger partial charge in [0.15, 0.2) is 0 Å². The fraction of sp³-hybridized carbons (Fsp3) is 0.611. The van der Waals surface area contributed by atoms with E-state index in [2.05, 4.69) is 0 Å². The molecule has 0 aliphatic carbocycles. The first-order chi connectivity index (χ1) is 14.5. The number of aryl methyl sites for hydroxylation is 1. The van der Waals surface area contributed by atoms with Crippen LogP contribution in [0.1, 0.15) is 47.8 Å². The van der Waals surface area contributed by atoms with Crippen LogP contribution in [0.5, 0.6) is 0 Å². The Labute approximate surface area is 176 Å². The van der Waals surface area contributed by atoms with Crippen molar-refractivity contribution in [1.29, 1.82) is 0 Å². The molecular formula is C18H20F5N3O4S. The molecule has 2 aromatic rings. The predicted octanol–water partition coefficient (Wildman–Crippen LogP) is 2.73. The van der Waals surface area contributed by atoms with E-state index in [-0.39, 0.29) is 37.3 Å². The van der Waals surface area contributed by atoms with E-state index in [1.165, 1.54) is 11.8 Å². The molecule has 1 saturated heterocycles. The van der Waals surface area contributed by atoms with E-state index in [1.807, 2.05) is 0 Å². The third-order valence-corrected chi connectivity index (χ3v) is 6.41. The monoisotopic (exact) mass is 469 g/mol. The van der Waals surface area contributed by atoms with E-state index in [0.717, 1.165) is 0 Å². The largest absolute Gasteiger partial charge is 0.393 e. The number of piperidine rings is 1. The highest BCUT2D eigenvalue weighted by atomic mass is 32.1. The average molecular weight is 469 g/mol. The lowest BCUT2D eigenvalue weighted by atomic mass is 10.1. The Balaban J connectivity index is 2.24. The maximum absolute atomic E-state index is 14.0. The van der Waals surface area contributed by atoms with Crippen molar-refractivity contribution in [1.82, 2.24) is 14.0 Å². The van der Waals surface area contributed by atoms with Crippen LogP contribution in [0.4, 0.5) is 22.0 Å². The molecule has 0 bridgehead atoms. The fourth-order valence-electron chi connectivity index (χ4n) is 3.58. The summed E-state index contributed by atoms with van der Waals surface area (Å²) in [5, 5.41) is 8.99. The van der Waals surface area contributed by atoms with Crippen molar-refractivity contribution in [3.63, 3.8) is 0 Å². The molecule has 1 N–H and O–H groups in total. The molecule has 3 heterocycles. The smallest absolute Gasteiger partial charge is 0.390 e. The van der Waals surface area contributed by atoms with Crippen LogP contribution in [0.15, 0.2) is 9.59 Å². The number of aliphatic hydroxyl groups excluding tert-OH is 1. The normalized spacial score (nSPS) is 15.9. The van der Waals surface area contributed by atoms with Gasteiger partial charge in [-0.1, -0.05) is 0 Å². The summed E-state index contributed by atoms with van der Waals surface area (Å²) in [5.41, 5.74) is -2.99. The van der Waals surface area contributed by atoms with Gasteiger partial charge in [-0.05, 0) is 19.8 Å². The quantitative estimate of drug-likeness (QED) is 0.683. The number of carbonyl (C=O) groups is 1. The molecule has 172 valence electrons. The number of likely N-dealkylation sites (tertiary alicyclic amines) is 1. The SMILES string of the molecule is CCn1c(=O)c2c(C(F)F)c(C(=O)N3CCC(O)CC3)sc2n(CCC(F)(F)F)c1=O. The first kappa shape index (κ1) is 23.4. The zero-order chi connectivity index (χ0) is 23.1. The molecule has 13 heteroatoms. The Hall–Kier alpha value is -2.28. The van der Waals surface area contributed by atoms with Gasteiger partial charge in [0.05, 0.1) is 23.5 Å². The Morgan fingerprint density at radius 3 is 2.32 bits per heavy atom.